The molecule has 9 heteroatoms. The first-order valence-electron chi connectivity index (χ1n) is 8.43. The van der Waals surface area contributed by atoms with Gasteiger partial charge in [0, 0.05) is 31.6 Å². The fraction of sp³-hybridized carbons (Fsp3) is 0.529. The maximum Gasteiger partial charge on any atom is 0.167 e. The number of ketones is 1. The fourth-order valence-electron chi connectivity index (χ4n) is 3.65. The van der Waals surface area contributed by atoms with Crippen molar-refractivity contribution in [3.05, 3.63) is 17.2 Å². The molecule has 1 aromatic carbocycles. The summed E-state index contributed by atoms with van der Waals surface area (Å²) in [5.41, 5.74) is 2.90. The van der Waals surface area contributed by atoms with Crippen LogP contribution in [0.25, 0.3) is 11.0 Å². The monoisotopic (exact) mass is 436 g/mol. The van der Waals surface area contributed by atoms with Crippen molar-refractivity contribution in [1.29, 1.82) is 0 Å². The number of nitrogens with zero attached hydrogens (tertiary/aromatic N) is 2. The summed E-state index contributed by atoms with van der Waals surface area (Å²) < 4.78 is 0. The summed E-state index contributed by atoms with van der Waals surface area (Å²) in [4.78, 5) is 22.1. The Balaban J connectivity index is 0.00000121. The van der Waals surface area contributed by atoms with Gasteiger partial charge in [-0.25, -0.2) is 4.98 Å². The number of benzene rings is 1. The van der Waals surface area contributed by atoms with E-state index in [0.717, 1.165) is 40.0 Å². The zero-order chi connectivity index (χ0) is 16.8. The molecule has 0 spiro atoms. The van der Waals surface area contributed by atoms with Gasteiger partial charge in [0.05, 0.1) is 27.0 Å². The Bertz CT molecular complexity index is 800. The standard InChI is InChI=1S/C17H21ClN4OS.2ClH/c1-3-16(23)9(2)24-17-20-13-5-12(18)15(6-14(13)21-17)22-8-10-4-11(22)7-19-10;;/h5-6,9-11,19H,3-4,7-8H2,1-2H3,(H,20,21);2*1H/t9?,10-,11-;;/m0../s1. The summed E-state index contributed by atoms with van der Waals surface area (Å²) >= 11 is 8.01. The molecule has 4 rings (SSSR count). The first-order valence-corrected chi connectivity index (χ1v) is 9.69. The number of halogens is 3. The van der Waals surface area contributed by atoms with Gasteiger partial charge in [0.1, 0.15) is 5.78 Å². The zero-order valence-corrected chi connectivity index (χ0v) is 17.8. The lowest BCUT2D eigenvalue weighted by atomic mass is 10.2. The quantitative estimate of drug-likeness (QED) is 0.690. The number of aromatic nitrogens is 2. The van der Waals surface area contributed by atoms with Crippen LogP contribution in [0.15, 0.2) is 17.3 Å². The van der Waals surface area contributed by atoms with Crippen LogP contribution in [0.4, 0.5) is 5.69 Å². The largest absolute Gasteiger partial charge is 0.364 e. The van der Waals surface area contributed by atoms with Crippen LogP contribution in [0, 0.1) is 0 Å². The molecule has 2 saturated heterocycles. The minimum absolute atomic E-state index is 0. The van der Waals surface area contributed by atoms with E-state index in [1.54, 1.807) is 0 Å². The molecule has 3 heterocycles. The predicted molar refractivity (Wildman–Crippen MR) is 114 cm³/mol. The van der Waals surface area contributed by atoms with E-state index in [2.05, 4.69) is 26.3 Å². The molecule has 0 amide bonds. The summed E-state index contributed by atoms with van der Waals surface area (Å²) in [7, 11) is 0. The molecular formula is C17H23Cl3N4OS. The minimum Gasteiger partial charge on any atom is -0.364 e. The third-order valence-electron chi connectivity index (χ3n) is 4.99. The highest BCUT2D eigenvalue weighted by Gasteiger charge is 2.38. The van der Waals surface area contributed by atoms with Crippen LogP contribution in [-0.2, 0) is 4.79 Å². The number of nitrogens with one attached hydrogen (secondary N) is 2. The molecule has 2 N–H and O–H groups in total. The smallest absolute Gasteiger partial charge is 0.167 e. The van der Waals surface area contributed by atoms with Crippen LogP contribution in [0.3, 0.4) is 0 Å². The average Bonchev–Trinajstić information content (AvgIpc) is 3.27. The van der Waals surface area contributed by atoms with Gasteiger partial charge < -0.3 is 15.2 Å². The Kier molecular flexibility index (Phi) is 7.13. The van der Waals surface area contributed by atoms with Gasteiger partial charge in [-0.1, -0.05) is 30.3 Å². The summed E-state index contributed by atoms with van der Waals surface area (Å²) in [6.45, 7) is 5.85. The highest BCUT2D eigenvalue weighted by atomic mass is 35.5. The summed E-state index contributed by atoms with van der Waals surface area (Å²) in [6, 6.07) is 5.13. The lowest BCUT2D eigenvalue weighted by molar-refractivity contribution is -0.118. The third-order valence-corrected chi connectivity index (χ3v) is 6.32. The molecular weight excluding hydrogens is 415 g/mol. The van der Waals surface area contributed by atoms with E-state index in [1.165, 1.54) is 18.2 Å². The molecule has 0 radical (unpaired) electrons. The van der Waals surface area contributed by atoms with E-state index in [4.69, 9.17) is 11.6 Å². The summed E-state index contributed by atoms with van der Waals surface area (Å²) in [5.74, 6) is 0.236. The molecule has 2 fully saturated rings. The molecule has 0 saturated carbocycles. The van der Waals surface area contributed by atoms with Gasteiger partial charge >= 0.3 is 0 Å². The second-order valence-electron chi connectivity index (χ2n) is 6.59. The lowest BCUT2D eigenvalue weighted by Gasteiger charge is -2.30. The molecule has 2 aliphatic rings. The van der Waals surface area contributed by atoms with Crippen molar-refractivity contribution in [1.82, 2.24) is 15.3 Å². The van der Waals surface area contributed by atoms with Crippen LogP contribution in [0.1, 0.15) is 26.7 Å². The number of carbonyl (C=O) groups excluding carboxylic acids is 1. The third kappa shape index (κ3) is 3.94. The molecule has 2 aromatic rings. The molecule has 2 bridgehead atoms. The second kappa shape index (κ2) is 8.57. The van der Waals surface area contributed by atoms with Gasteiger partial charge in [-0.15, -0.1) is 24.8 Å². The lowest BCUT2D eigenvalue weighted by Crippen LogP contribution is -2.43. The predicted octanol–water partition coefficient (Wildman–Crippen LogP) is 4.07. The maximum absolute atomic E-state index is 11.8. The highest BCUT2D eigenvalue weighted by molar-refractivity contribution is 8.00. The van der Waals surface area contributed by atoms with Crippen LogP contribution in [0.5, 0.6) is 0 Å². The number of piperazine rings is 1. The van der Waals surface area contributed by atoms with E-state index in [1.807, 2.05) is 19.9 Å². The second-order valence-corrected chi connectivity index (χ2v) is 8.33. The van der Waals surface area contributed by atoms with Gasteiger partial charge in [-0.2, -0.15) is 0 Å². The van der Waals surface area contributed by atoms with Gasteiger partial charge in [0.25, 0.3) is 0 Å². The van der Waals surface area contributed by atoms with Crippen molar-refractivity contribution in [2.75, 3.05) is 18.0 Å². The van der Waals surface area contributed by atoms with Crippen molar-refractivity contribution in [3.63, 3.8) is 0 Å². The Hall–Kier alpha value is -0.660. The Morgan fingerprint density at radius 2 is 2.23 bits per heavy atom. The van der Waals surface area contributed by atoms with Crippen LogP contribution < -0.4 is 10.2 Å². The van der Waals surface area contributed by atoms with Crippen molar-refractivity contribution in [2.45, 2.75) is 49.2 Å². The van der Waals surface area contributed by atoms with Gasteiger partial charge in [0.15, 0.2) is 5.16 Å². The Morgan fingerprint density at radius 3 is 2.85 bits per heavy atom. The van der Waals surface area contributed by atoms with Crippen LogP contribution in [0.2, 0.25) is 5.02 Å². The molecule has 1 unspecified atom stereocenters. The van der Waals surface area contributed by atoms with Gasteiger partial charge in [-0.3, -0.25) is 4.79 Å². The number of anilines is 1. The highest BCUT2D eigenvalue weighted by Crippen LogP contribution is 2.37. The molecule has 5 nitrogen and oxygen atoms in total. The molecule has 26 heavy (non-hydrogen) atoms. The number of H-pyrrole nitrogens is 1. The van der Waals surface area contributed by atoms with E-state index in [-0.39, 0.29) is 35.8 Å². The molecule has 1 aromatic heterocycles. The van der Waals surface area contributed by atoms with Crippen molar-refractivity contribution >= 4 is 70.7 Å². The van der Waals surface area contributed by atoms with E-state index in [0.29, 0.717) is 18.5 Å². The van der Waals surface area contributed by atoms with E-state index >= 15 is 0 Å². The van der Waals surface area contributed by atoms with Gasteiger partial charge in [-0.05, 0) is 25.5 Å². The van der Waals surface area contributed by atoms with Crippen molar-refractivity contribution in [2.24, 2.45) is 0 Å². The van der Waals surface area contributed by atoms with E-state index in [9.17, 15) is 4.79 Å². The van der Waals surface area contributed by atoms with Crippen LogP contribution >= 0.6 is 48.2 Å². The Labute approximate surface area is 174 Å². The molecule has 144 valence electrons. The maximum atomic E-state index is 11.8. The number of carbonyl (C=O) groups is 1. The average molecular weight is 438 g/mol. The normalized spacial score (nSPS) is 22.2. The fourth-order valence-corrected chi connectivity index (χ4v) is 4.87. The van der Waals surface area contributed by atoms with Crippen LogP contribution in [-0.4, -0.2) is 46.2 Å². The van der Waals surface area contributed by atoms with E-state index < -0.39 is 0 Å². The number of imidazole rings is 1. The van der Waals surface area contributed by atoms with Gasteiger partial charge in [0.2, 0.25) is 0 Å². The number of fused-ring (bicyclic) bond motifs is 3. The first-order chi connectivity index (χ1) is 11.5. The molecule has 0 aliphatic carbocycles. The number of rotatable bonds is 5. The number of aromatic amines is 1. The number of hydrogen-bond donors (Lipinski definition) is 2. The first kappa shape index (κ1) is 21.6. The number of hydrogen-bond acceptors (Lipinski definition) is 5. The van der Waals surface area contributed by atoms with Crippen molar-refractivity contribution < 1.29 is 4.79 Å². The number of Topliss-reactive ketones (excluding diaryl/α,β-unsaturated/α-hetero) is 1. The Morgan fingerprint density at radius 1 is 1.46 bits per heavy atom. The molecule has 3 atom stereocenters. The summed E-state index contributed by atoms with van der Waals surface area (Å²) in [6.07, 6.45) is 1.74. The minimum atomic E-state index is -0.0918. The number of thioether (sulfide) groups is 1. The molecule has 2 aliphatic heterocycles. The zero-order valence-electron chi connectivity index (χ0n) is 14.6. The SMILES string of the molecule is CCC(=O)C(C)Sc1nc2cc(N3C[C@@H]4C[C@H]3CN4)c(Cl)cc2[nH]1.Cl.Cl. The summed E-state index contributed by atoms with van der Waals surface area (Å²) in [5, 5.41) is 4.95. The van der Waals surface area contributed by atoms with Crippen molar-refractivity contribution in [3.8, 4) is 0 Å². The topological polar surface area (TPSA) is 61.0 Å².